The molecule has 0 saturated heterocycles. The number of likely N-dealkylation sites (N-methyl/N-ethyl adjacent to an activating group) is 1. The lowest BCUT2D eigenvalue weighted by atomic mass is 9.57. The zero-order chi connectivity index (χ0) is 29.4. The third-order valence-electron chi connectivity index (χ3n) is 8.77. The highest BCUT2D eigenvalue weighted by Gasteiger charge is 2.64. The summed E-state index contributed by atoms with van der Waals surface area (Å²) in [7, 11) is 3.04. The molecule has 1 aromatic carbocycles. The van der Waals surface area contributed by atoms with Gasteiger partial charge in [-0.3, -0.25) is 19.3 Å². The number of nitrogens with two attached hydrogens (primary N) is 1. The summed E-state index contributed by atoms with van der Waals surface area (Å²) < 4.78 is 16.1. The van der Waals surface area contributed by atoms with Gasteiger partial charge in [0.2, 0.25) is 5.78 Å². The summed E-state index contributed by atoms with van der Waals surface area (Å²) in [5, 5.41) is 51.7. The van der Waals surface area contributed by atoms with Gasteiger partial charge in [-0.25, -0.2) is 4.39 Å². The van der Waals surface area contributed by atoms with Gasteiger partial charge < -0.3 is 36.8 Å². The van der Waals surface area contributed by atoms with E-state index in [2.05, 4.69) is 24.5 Å². The molecule has 0 bridgehead atoms. The van der Waals surface area contributed by atoms with Crippen molar-refractivity contribution in [2.24, 2.45) is 23.5 Å². The Morgan fingerprint density at radius 1 is 1.20 bits per heavy atom. The number of phenolic OH excluding ortho intramolecular Hbond substituents is 1. The summed E-state index contributed by atoms with van der Waals surface area (Å²) in [4.78, 5) is 40.6. The Morgan fingerprint density at radius 2 is 1.88 bits per heavy atom. The molecule has 1 aliphatic heterocycles. The van der Waals surface area contributed by atoms with Crippen LogP contribution < -0.4 is 16.4 Å². The molecular formula is C28H35FN4O7. The molecule has 5 atom stereocenters. The molecule has 1 heterocycles. The van der Waals surface area contributed by atoms with Crippen LogP contribution >= 0.6 is 0 Å². The smallest absolute Gasteiger partial charge is 0.255 e. The Labute approximate surface area is 230 Å². The Balaban J connectivity index is 1.66. The van der Waals surface area contributed by atoms with Gasteiger partial charge in [-0.15, -0.1) is 0 Å². The van der Waals surface area contributed by atoms with Crippen LogP contribution in [-0.2, 0) is 27.3 Å². The van der Waals surface area contributed by atoms with Crippen molar-refractivity contribution in [2.45, 2.75) is 57.3 Å². The van der Waals surface area contributed by atoms with Crippen LogP contribution in [0, 0.1) is 23.6 Å². The fraction of sp³-hybridized carbons (Fsp3) is 0.536. The minimum absolute atomic E-state index is 0.00595. The molecule has 0 unspecified atom stereocenters. The van der Waals surface area contributed by atoms with Crippen molar-refractivity contribution in [3.63, 3.8) is 0 Å². The van der Waals surface area contributed by atoms with Gasteiger partial charge in [-0.1, -0.05) is 13.8 Å². The van der Waals surface area contributed by atoms with E-state index in [0.29, 0.717) is 12.5 Å². The number of phenols is 1. The van der Waals surface area contributed by atoms with E-state index in [1.54, 1.807) is 0 Å². The Kier molecular flexibility index (Phi) is 6.71. The molecule has 40 heavy (non-hydrogen) atoms. The quantitative estimate of drug-likeness (QED) is 0.208. The number of aromatic hydroxyl groups is 1. The second kappa shape index (κ2) is 9.57. The molecule has 1 saturated carbocycles. The maximum atomic E-state index is 16.1. The number of nitrogens with zero attached hydrogens (tertiary/aromatic N) is 1. The van der Waals surface area contributed by atoms with Crippen LogP contribution in [0.2, 0.25) is 0 Å². The SMILES string of the molecule is CC(C)C[C@@H]1CNc2c(O)c3c(c(F)c2CN1)C[C@H]1C[C@H]2[C@H](N(C)C)C(=O)C(C(N)=O)=C(O)[C@@]2(O)C(=O)C1=C3O. The first-order valence-corrected chi connectivity index (χ1v) is 13.4. The van der Waals surface area contributed by atoms with Gasteiger partial charge >= 0.3 is 0 Å². The Morgan fingerprint density at radius 3 is 2.48 bits per heavy atom. The van der Waals surface area contributed by atoms with E-state index in [1.807, 2.05) is 0 Å². The number of primary amides is 1. The van der Waals surface area contributed by atoms with Gasteiger partial charge in [0.05, 0.1) is 17.3 Å². The van der Waals surface area contributed by atoms with Gasteiger partial charge in [0.1, 0.15) is 28.7 Å². The molecule has 3 aliphatic carbocycles. The largest absolute Gasteiger partial charge is 0.508 e. The molecule has 8 N–H and O–H groups in total. The van der Waals surface area contributed by atoms with E-state index in [1.165, 1.54) is 19.0 Å². The molecular weight excluding hydrogens is 523 g/mol. The number of rotatable bonds is 4. The van der Waals surface area contributed by atoms with Crippen molar-refractivity contribution in [3.05, 3.63) is 39.4 Å². The average molecular weight is 559 g/mol. The average Bonchev–Trinajstić information content (AvgIpc) is 3.06. The number of ketones is 2. The molecule has 1 amide bonds. The summed E-state index contributed by atoms with van der Waals surface area (Å²) in [6.45, 7) is 4.67. The number of fused-ring (bicyclic) bond motifs is 4. The normalized spacial score (nSPS) is 30.0. The van der Waals surface area contributed by atoms with Gasteiger partial charge in [-0.2, -0.15) is 0 Å². The molecule has 0 spiro atoms. The highest BCUT2D eigenvalue weighted by Crippen LogP contribution is 2.54. The van der Waals surface area contributed by atoms with Crippen LogP contribution in [0.15, 0.2) is 16.9 Å². The Bertz CT molecular complexity index is 1400. The summed E-state index contributed by atoms with van der Waals surface area (Å²) >= 11 is 0. The van der Waals surface area contributed by atoms with Crippen molar-refractivity contribution in [1.82, 2.24) is 10.2 Å². The zero-order valence-corrected chi connectivity index (χ0v) is 22.8. The second-order valence-electron chi connectivity index (χ2n) is 11.9. The van der Waals surface area contributed by atoms with Crippen LogP contribution in [0.1, 0.15) is 43.4 Å². The van der Waals surface area contributed by atoms with E-state index in [9.17, 15) is 34.8 Å². The lowest BCUT2D eigenvalue weighted by Gasteiger charge is -2.50. The monoisotopic (exact) mass is 558 g/mol. The van der Waals surface area contributed by atoms with Gasteiger partial charge in [0.25, 0.3) is 5.91 Å². The number of nitrogens with one attached hydrogen (secondary N) is 2. The highest BCUT2D eigenvalue weighted by molar-refractivity contribution is 6.24. The number of carbonyl (C=O) groups excluding carboxylic acids is 3. The number of Topliss-reactive ketones (excluding diaryl/α,β-unsaturated/α-hetero) is 2. The molecule has 4 aliphatic rings. The number of aliphatic hydroxyl groups is 3. The standard InChI is InChI=1S/C28H35FN4O7/c1-10(2)5-12-8-32-20-14(9-31-12)19(29)13-6-11-7-15-21(33(3)4)24(36)18(27(30)39)26(38)28(15,40)25(37)16(11)22(34)17(13)23(20)35/h10-12,15,21,31-32,34-35,38,40H,5-9H2,1-4H3,(H2,30,39)/t11-,12+,15-,21-,28-/m0/s1. The Hall–Kier alpha value is -3.48. The van der Waals surface area contributed by atoms with Crippen LogP contribution in [0.5, 0.6) is 5.75 Å². The number of aliphatic hydroxyl groups excluding tert-OH is 2. The van der Waals surface area contributed by atoms with E-state index in [0.717, 1.165) is 6.42 Å². The van der Waals surface area contributed by atoms with Crippen molar-refractivity contribution in [3.8, 4) is 5.75 Å². The molecule has 0 aromatic heterocycles. The highest BCUT2D eigenvalue weighted by atomic mass is 19.1. The van der Waals surface area contributed by atoms with Crippen LogP contribution in [0.4, 0.5) is 10.1 Å². The maximum Gasteiger partial charge on any atom is 0.255 e. The third-order valence-corrected chi connectivity index (χ3v) is 8.77. The number of hydrogen-bond donors (Lipinski definition) is 7. The number of carbonyl (C=O) groups is 3. The first-order valence-electron chi connectivity index (χ1n) is 13.4. The lowest BCUT2D eigenvalue weighted by molar-refractivity contribution is -0.153. The summed E-state index contributed by atoms with van der Waals surface area (Å²) in [5.41, 5.74) is 1.49. The van der Waals surface area contributed by atoms with E-state index in [-0.39, 0.29) is 53.4 Å². The molecule has 11 nitrogen and oxygen atoms in total. The zero-order valence-electron chi connectivity index (χ0n) is 22.8. The summed E-state index contributed by atoms with van der Waals surface area (Å²) in [6, 6.07) is -1.19. The lowest BCUT2D eigenvalue weighted by Crippen LogP contribution is -2.65. The minimum Gasteiger partial charge on any atom is -0.508 e. The molecule has 12 heteroatoms. The van der Waals surface area contributed by atoms with Gasteiger partial charge in [-0.05, 0) is 45.2 Å². The fourth-order valence-corrected chi connectivity index (χ4v) is 7.03. The molecule has 1 fully saturated rings. The summed E-state index contributed by atoms with van der Waals surface area (Å²) in [5.74, 6) is -7.89. The number of halogens is 1. The first-order chi connectivity index (χ1) is 18.7. The summed E-state index contributed by atoms with van der Waals surface area (Å²) in [6.07, 6.45) is 0.609. The van der Waals surface area contributed by atoms with E-state index in [4.69, 9.17) is 5.73 Å². The van der Waals surface area contributed by atoms with Gasteiger partial charge in [0.15, 0.2) is 11.4 Å². The number of hydrogen-bond acceptors (Lipinski definition) is 10. The van der Waals surface area contributed by atoms with Crippen molar-refractivity contribution in [1.29, 1.82) is 0 Å². The first kappa shape index (κ1) is 28.1. The number of benzene rings is 1. The van der Waals surface area contributed by atoms with Crippen LogP contribution in [0.25, 0.3) is 5.76 Å². The predicted octanol–water partition coefficient (Wildman–Crippen LogP) is 1.03. The fourth-order valence-electron chi connectivity index (χ4n) is 7.03. The number of amides is 1. The molecule has 0 radical (unpaired) electrons. The molecule has 5 rings (SSSR count). The predicted molar refractivity (Wildman–Crippen MR) is 143 cm³/mol. The second-order valence-corrected chi connectivity index (χ2v) is 11.9. The van der Waals surface area contributed by atoms with Crippen molar-refractivity contribution < 1.29 is 39.2 Å². The third kappa shape index (κ3) is 3.84. The minimum atomic E-state index is -2.74. The van der Waals surface area contributed by atoms with Gasteiger partial charge in [0, 0.05) is 41.7 Å². The maximum absolute atomic E-state index is 16.1. The van der Waals surface area contributed by atoms with Crippen molar-refractivity contribution >= 4 is 28.9 Å². The number of anilines is 1. The molecule has 1 aromatic rings. The van der Waals surface area contributed by atoms with Crippen LogP contribution in [0.3, 0.4) is 0 Å². The topological polar surface area (TPSA) is 185 Å². The van der Waals surface area contributed by atoms with E-state index >= 15 is 4.39 Å². The van der Waals surface area contributed by atoms with E-state index < -0.39 is 69.6 Å². The molecule has 216 valence electrons. The van der Waals surface area contributed by atoms with Crippen LogP contribution in [-0.4, -0.2) is 81.1 Å². The van der Waals surface area contributed by atoms with Crippen molar-refractivity contribution in [2.75, 3.05) is 26.0 Å².